The van der Waals surface area contributed by atoms with Crippen LogP contribution in [0, 0.1) is 0 Å². The molecule has 1 N–H and O–H groups in total. The number of para-hydroxylation sites is 1. The molecule has 0 saturated heterocycles. The van der Waals surface area contributed by atoms with Gasteiger partial charge >= 0.3 is 0 Å². The summed E-state index contributed by atoms with van der Waals surface area (Å²) in [5.41, 5.74) is 3.82. The number of hydrogen-bond acceptors (Lipinski definition) is 3. The van der Waals surface area contributed by atoms with Crippen LogP contribution in [0.4, 0.5) is 5.69 Å². The van der Waals surface area contributed by atoms with Crippen LogP contribution in [-0.2, 0) is 6.42 Å². The van der Waals surface area contributed by atoms with Gasteiger partial charge in [0.05, 0.1) is 20.3 Å². The van der Waals surface area contributed by atoms with Crippen LogP contribution in [0.25, 0.3) is 0 Å². The molecule has 0 bridgehead atoms. The molecule has 0 radical (unpaired) electrons. The van der Waals surface area contributed by atoms with E-state index in [-0.39, 0.29) is 0 Å². The van der Waals surface area contributed by atoms with E-state index >= 15 is 0 Å². The van der Waals surface area contributed by atoms with E-state index in [1.165, 1.54) is 16.8 Å². The third kappa shape index (κ3) is 2.44. The second-order valence-corrected chi connectivity index (χ2v) is 5.04. The van der Waals surface area contributed by atoms with Gasteiger partial charge in [-0.25, -0.2) is 0 Å². The summed E-state index contributed by atoms with van der Waals surface area (Å²) in [4.78, 5) is 0. The molecule has 0 aliphatic carbocycles. The summed E-state index contributed by atoms with van der Waals surface area (Å²) in [6.45, 7) is 0. The van der Waals surface area contributed by atoms with Crippen LogP contribution in [-0.4, -0.2) is 14.2 Å². The molecule has 104 valence electrons. The summed E-state index contributed by atoms with van der Waals surface area (Å²) >= 11 is 0. The SMILES string of the molecule is COc1cc(OC)cc([C@H]2CCc3ccccc3N2)c1. The van der Waals surface area contributed by atoms with Crippen molar-refractivity contribution in [2.45, 2.75) is 18.9 Å². The number of nitrogens with one attached hydrogen (secondary N) is 1. The fourth-order valence-corrected chi connectivity index (χ4v) is 2.72. The molecule has 3 nitrogen and oxygen atoms in total. The largest absolute Gasteiger partial charge is 0.497 e. The van der Waals surface area contributed by atoms with E-state index in [1.807, 2.05) is 6.07 Å². The van der Waals surface area contributed by atoms with E-state index < -0.39 is 0 Å². The van der Waals surface area contributed by atoms with Gasteiger partial charge in [-0.2, -0.15) is 0 Å². The Morgan fingerprint density at radius 2 is 1.70 bits per heavy atom. The summed E-state index contributed by atoms with van der Waals surface area (Å²) in [7, 11) is 3.37. The summed E-state index contributed by atoms with van der Waals surface area (Å²) < 4.78 is 10.7. The molecular formula is C17H19NO2. The van der Waals surface area contributed by atoms with Crippen molar-refractivity contribution in [3.8, 4) is 11.5 Å². The van der Waals surface area contributed by atoms with Gasteiger partial charge in [0.2, 0.25) is 0 Å². The molecule has 20 heavy (non-hydrogen) atoms. The average Bonchev–Trinajstić information content (AvgIpc) is 2.53. The molecule has 0 aromatic heterocycles. The maximum absolute atomic E-state index is 5.35. The first kappa shape index (κ1) is 12.9. The van der Waals surface area contributed by atoms with E-state index in [0.29, 0.717) is 6.04 Å². The molecular weight excluding hydrogens is 250 g/mol. The zero-order valence-corrected chi connectivity index (χ0v) is 11.8. The fourth-order valence-electron chi connectivity index (χ4n) is 2.72. The van der Waals surface area contributed by atoms with Crippen LogP contribution in [0.15, 0.2) is 42.5 Å². The third-order valence-corrected chi connectivity index (χ3v) is 3.83. The Labute approximate surface area is 119 Å². The first-order valence-electron chi connectivity index (χ1n) is 6.87. The third-order valence-electron chi connectivity index (χ3n) is 3.83. The number of anilines is 1. The van der Waals surface area contributed by atoms with Gasteiger partial charge in [-0.05, 0) is 42.2 Å². The lowest BCUT2D eigenvalue weighted by Crippen LogP contribution is -2.18. The average molecular weight is 269 g/mol. The number of methoxy groups -OCH3 is 2. The Balaban J connectivity index is 1.91. The minimum Gasteiger partial charge on any atom is -0.497 e. The van der Waals surface area contributed by atoms with Crippen molar-refractivity contribution >= 4 is 5.69 Å². The van der Waals surface area contributed by atoms with Gasteiger partial charge in [-0.3, -0.25) is 0 Å². The zero-order valence-electron chi connectivity index (χ0n) is 11.8. The first-order chi connectivity index (χ1) is 9.80. The van der Waals surface area contributed by atoms with Gasteiger partial charge in [-0.1, -0.05) is 18.2 Å². The fraction of sp³-hybridized carbons (Fsp3) is 0.294. The second kappa shape index (κ2) is 5.45. The Bertz CT molecular complexity index is 587. The lowest BCUT2D eigenvalue weighted by molar-refractivity contribution is 0.392. The van der Waals surface area contributed by atoms with Crippen LogP contribution in [0.5, 0.6) is 11.5 Å². The summed E-state index contributed by atoms with van der Waals surface area (Å²) in [6.07, 6.45) is 2.17. The number of rotatable bonds is 3. The topological polar surface area (TPSA) is 30.5 Å². The van der Waals surface area contributed by atoms with Crippen LogP contribution >= 0.6 is 0 Å². The van der Waals surface area contributed by atoms with E-state index in [4.69, 9.17) is 9.47 Å². The van der Waals surface area contributed by atoms with Gasteiger partial charge in [0, 0.05) is 11.8 Å². The van der Waals surface area contributed by atoms with Crippen LogP contribution in [0.2, 0.25) is 0 Å². The number of hydrogen-bond donors (Lipinski definition) is 1. The highest BCUT2D eigenvalue weighted by Crippen LogP contribution is 2.35. The molecule has 1 aliphatic heterocycles. The highest BCUT2D eigenvalue weighted by Gasteiger charge is 2.19. The van der Waals surface area contributed by atoms with Gasteiger partial charge in [0.15, 0.2) is 0 Å². The molecule has 0 spiro atoms. The minimum atomic E-state index is 0.300. The molecule has 1 heterocycles. The maximum atomic E-state index is 5.35. The normalized spacial score (nSPS) is 17.0. The van der Waals surface area contributed by atoms with E-state index in [9.17, 15) is 0 Å². The van der Waals surface area contributed by atoms with Crippen molar-refractivity contribution < 1.29 is 9.47 Å². The predicted octanol–water partition coefficient (Wildman–Crippen LogP) is 3.80. The molecule has 0 amide bonds. The Kier molecular flexibility index (Phi) is 3.50. The highest BCUT2D eigenvalue weighted by atomic mass is 16.5. The van der Waals surface area contributed by atoms with E-state index in [1.54, 1.807) is 14.2 Å². The Morgan fingerprint density at radius 3 is 2.40 bits per heavy atom. The van der Waals surface area contributed by atoms with Crippen molar-refractivity contribution in [1.29, 1.82) is 0 Å². The molecule has 0 unspecified atom stereocenters. The number of fused-ring (bicyclic) bond motifs is 1. The first-order valence-corrected chi connectivity index (χ1v) is 6.87. The maximum Gasteiger partial charge on any atom is 0.122 e. The molecule has 3 heteroatoms. The van der Waals surface area contributed by atoms with E-state index in [2.05, 4.69) is 41.7 Å². The lowest BCUT2D eigenvalue weighted by atomic mass is 9.93. The monoisotopic (exact) mass is 269 g/mol. The van der Waals surface area contributed by atoms with Crippen molar-refractivity contribution in [2.24, 2.45) is 0 Å². The van der Waals surface area contributed by atoms with Gasteiger partial charge in [-0.15, -0.1) is 0 Å². The summed E-state index contributed by atoms with van der Waals surface area (Å²) in [5, 5.41) is 3.60. The van der Waals surface area contributed by atoms with Crippen LogP contribution in [0.1, 0.15) is 23.6 Å². The summed E-state index contributed by atoms with van der Waals surface area (Å²) in [5.74, 6) is 1.67. The second-order valence-electron chi connectivity index (χ2n) is 5.04. The molecule has 1 atom stereocenters. The molecule has 0 saturated carbocycles. The standard InChI is InChI=1S/C17H19NO2/c1-19-14-9-13(10-15(11-14)20-2)17-8-7-12-5-3-4-6-16(12)18-17/h3-6,9-11,17-18H,7-8H2,1-2H3/t17-/m1/s1. The number of ether oxygens (including phenoxy) is 2. The number of benzene rings is 2. The molecule has 2 aromatic rings. The molecule has 0 fully saturated rings. The molecule has 2 aromatic carbocycles. The smallest absolute Gasteiger partial charge is 0.122 e. The van der Waals surface area contributed by atoms with Crippen molar-refractivity contribution in [1.82, 2.24) is 0 Å². The Morgan fingerprint density at radius 1 is 1.00 bits per heavy atom. The zero-order chi connectivity index (χ0) is 13.9. The van der Waals surface area contributed by atoms with Gasteiger partial charge in [0.1, 0.15) is 11.5 Å². The summed E-state index contributed by atoms with van der Waals surface area (Å²) in [6, 6.07) is 14.8. The molecule has 1 aliphatic rings. The van der Waals surface area contributed by atoms with Crippen LogP contribution < -0.4 is 14.8 Å². The van der Waals surface area contributed by atoms with E-state index in [0.717, 1.165) is 24.3 Å². The van der Waals surface area contributed by atoms with Gasteiger partial charge < -0.3 is 14.8 Å². The van der Waals surface area contributed by atoms with Crippen molar-refractivity contribution in [3.63, 3.8) is 0 Å². The van der Waals surface area contributed by atoms with Gasteiger partial charge in [0.25, 0.3) is 0 Å². The lowest BCUT2D eigenvalue weighted by Gasteiger charge is -2.27. The molecule has 3 rings (SSSR count). The highest BCUT2D eigenvalue weighted by molar-refractivity contribution is 5.55. The predicted molar refractivity (Wildman–Crippen MR) is 80.7 cm³/mol. The quantitative estimate of drug-likeness (QED) is 0.919. The minimum absolute atomic E-state index is 0.300. The number of aryl methyl sites for hydroxylation is 1. The van der Waals surface area contributed by atoms with Crippen LogP contribution in [0.3, 0.4) is 0 Å². The van der Waals surface area contributed by atoms with Crippen molar-refractivity contribution in [2.75, 3.05) is 19.5 Å². The Hall–Kier alpha value is -2.16. The van der Waals surface area contributed by atoms with Crippen molar-refractivity contribution in [3.05, 3.63) is 53.6 Å².